The summed E-state index contributed by atoms with van der Waals surface area (Å²) in [5, 5.41) is 3.59. The maximum atomic E-state index is 5.10. The molecule has 1 heterocycles. The van der Waals surface area contributed by atoms with Crippen molar-refractivity contribution in [2.24, 2.45) is 0 Å². The van der Waals surface area contributed by atoms with E-state index in [0.29, 0.717) is 5.09 Å². The first kappa shape index (κ1) is 7.97. The first-order valence-electron chi connectivity index (χ1n) is 2.24. The molecule has 7 heavy (non-hydrogen) atoms. The summed E-state index contributed by atoms with van der Waals surface area (Å²) >= 11 is 1.12. The second-order valence-corrected chi connectivity index (χ2v) is 2.52. The Hall–Kier alpha value is 0.972. The molecule has 1 saturated heterocycles. The minimum Gasteiger partial charge on any atom is -0.379 e. The Balaban J connectivity index is 0.000000360. The van der Waals surface area contributed by atoms with Crippen LogP contribution in [0.15, 0.2) is 0 Å². The zero-order valence-electron chi connectivity index (χ0n) is 4.25. The van der Waals surface area contributed by atoms with Gasteiger partial charge in [-0.3, -0.25) is 0 Å². The molecule has 0 aromatic heterocycles. The molecule has 0 aromatic rings. The van der Waals surface area contributed by atoms with Crippen LogP contribution in [0.1, 0.15) is 0 Å². The molecule has 1 aliphatic heterocycles. The van der Waals surface area contributed by atoms with E-state index in [1.807, 2.05) is 0 Å². The Morgan fingerprint density at radius 1 is 1.71 bits per heavy atom. The van der Waals surface area contributed by atoms with E-state index >= 15 is 0 Å². The van der Waals surface area contributed by atoms with Crippen molar-refractivity contribution in [3.63, 3.8) is 0 Å². The average molecular weight is 157 g/mol. The van der Waals surface area contributed by atoms with Crippen molar-refractivity contribution in [2.75, 3.05) is 13.2 Å². The number of rotatable bonds is 0. The van der Waals surface area contributed by atoms with Gasteiger partial charge in [-0.05, 0) is 0 Å². The predicted molar refractivity (Wildman–Crippen MR) is 26.3 cm³/mol. The van der Waals surface area contributed by atoms with Gasteiger partial charge < -0.3 is 10.1 Å². The van der Waals surface area contributed by atoms with E-state index in [4.69, 9.17) is 4.74 Å². The molecule has 42 valence electrons. The van der Waals surface area contributed by atoms with E-state index in [9.17, 15) is 0 Å². The third-order valence-corrected chi connectivity index (χ3v) is 1.64. The zero-order chi connectivity index (χ0) is 4.41. The van der Waals surface area contributed by atoms with Crippen LogP contribution in [0.3, 0.4) is 0 Å². The van der Waals surface area contributed by atoms with Crippen molar-refractivity contribution in [1.82, 2.24) is 5.32 Å². The summed E-state index contributed by atoms with van der Waals surface area (Å²) in [4.78, 5) is 0. The molecule has 1 atom stereocenters. The van der Waals surface area contributed by atoms with E-state index < -0.39 is 0 Å². The fraction of sp³-hybridized carbons (Fsp3) is 1.00. The second-order valence-electron chi connectivity index (χ2n) is 1.47. The van der Waals surface area contributed by atoms with Crippen molar-refractivity contribution in [3.8, 4) is 0 Å². The van der Waals surface area contributed by atoms with Crippen LogP contribution in [0.5, 0.6) is 0 Å². The molecule has 4 heteroatoms. The molecular weight excluding hydrogens is 149 g/mol. The molecule has 1 aliphatic rings. The Kier molecular flexibility index (Phi) is 4.46. The summed E-state index contributed by atoms with van der Waals surface area (Å²) in [5.41, 5.74) is 0. The molecule has 1 unspecified atom stereocenters. The zero-order valence-corrected chi connectivity index (χ0v) is 7.36. The van der Waals surface area contributed by atoms with Gasteiger partial charge in [0.2, 0.25) is 0 Å². The number of nitrogens with one attached hydrogen (secondary N) is 1. The monoisotopic (exact) mass is 157 g/mol. The van der Waals surface area contributed by atoms with Crippen LogP contribution in [0.2, 0.25) is 0 Å². The molecule has 0 aromatic carbocycles. The van der Waals surface area contributed by atoms with E-state index in [1.165, 1.54) is 0 Å². The van der Waals surface area contributed by atoms with Crippen LogP contribution in [-0.4, -0.2) is 34.5 Å². The molecule has 0 radical (unpaired) electrons. The molecular formula is C3H8AlFeNO. The predicted octanol–water partition coefficient (Wildman–Crippen LogP) is -1.48. The van der Waals surface area contributed by atoms with E-state index in [0.717, 1.165) is 29.4 Å². The minimum absolute atomic E-state index is 0. The van der Waals surface area contributed by atoms with Gasteiger partial charge in [-0.2, -0.15) is 0 Å². The molecule has 0 spiro atoms. The Bertz CT molecular complexity index is 48.2. The van der Waals surface area contributed by atoms with Crippen molar-refractivity contribution in [2.45, 2.75) is 5.09 Å². The Morgan fingerprint density at radius 2 is 2.43 bits per heavy atom. The van der Waals surface area contributed by atoms with Crippen molar-refractivity contribution >= 4 is 16.3 Å². The minimum atomic E-state index is 0. The molecule has 2 nitrogen and oxygen atoms in total. The molecule has 1 rings (SSSR count). The van der Waals surface area contributed by atoms with Gasteiger partial charge in [0.1, 0.15) is 0 Å². The third kappa shape index (κ3) is 2.71. The first-order valence-corrected chi connectivity index (χ1v) is 3.40. The van der Waals surface area contributed by atoms with E-state index in [-0.39, 0.29) is 17.1 Å². The topological polar surface area (TPSA) is 21.3 Å². The summed E-state index contributed by atoms with van der Waals surface area (Å²) in [6, 6.07) is 0. The summed E-state index contributed by atoms with van der Waals surface area (Å²) in [5.74, 6) is 0. The summed E-state index contributed by atoms with van der Waals surface area (Å²) < 4.78 is 5.10. The maximum absolute atomic E-state index is 5.10. The van der Waals surface area contributed by atoms with Gasteiger partial charge in [0, 0.05) is 28.7 Å². The summed E-state index contributed by atoms with van der Waals surface area (Å²) in [6.07, 6.45) is 0. The van der Waals surface area contributed by atoms with Crippen molar-refractivity contribution in [1.29, 1.82) is 0 Å². The summed E-state index contributed by atoms with van der Waals surface area (Å²) in [7, 11) is 0. The fourth-order valence-corrected chi connectivity index (χ4v) is 1.08. The van der Waals surface area contributed by atoms with Gasteiger partial charge in [0.15, 0.2) is 0 Å². The largest absolute Gasteiger partial charge is 0.379 e. The molecule has 0 saturated carbocycles. The Labute approximate surface area is 61.9 Å². The smallest absolute Gasteiger partial charge is 0.282 e. The number of ether oxygens (including phenoxy) is 1. The average Bonchev–Trinajstić information content (AvgIpc) is 1.86. The van der Waals surface area contributed by atoms with Crippen molar-refractivity contribution < 1.29 is 21.8 Å². The first-order chi connectivity index (χ1) is 2.89. The maximum Gasteiger partial charge on any atom is 0.282 e. The van der Waals surface area contributed by atoms with Gasteiger partial charge in [0.05, 0.1) is 6.61 Å². The molecule has 0 bridgehead atoms. The molecule has 0 aliphatic carbocycles. The standard InChI is InChI=1S/C3H6NO.Al.Fe.2H/c1-2-5-3-4-1;;;;/h3-4H,1-2H2;;;;. The molecule has 0 amide bonds. The van der Waals surface area contributed by atoms with Crippen LogP contribution in [-0.2, 0) is 21.8 Å². The van der Waals surface area contributed by atoms with E-state index in [1.54, 1.807) is 0 Å². The van der Waals surface area contributed by atoms with Crippen LogP contribution >= 0.6 is 0 Å². The SMILES string of the molecule is [AlH2][CH]1NCCO1.[Fe]. The molecule has 1 fully saturated rings. The van der Waals surface area contributed by atoms with Crippen molar-refractivity contribution in [3.05, 3.63) is 0 Å². The van der Waals surface area contributed by atoms with Gasteiger partial charge in [-0.1, -0.05) is 0 Å². The second kappa shape index (κ2) is 3.91. The van der Waals surface area contributed by atoms with Gasteiger partial charge in [-0.15, -0.1) is 0 Å². The number of hydrogen-bond acceptors (Lipinski definition) is 2. The van der Waals surface area contributed by atoms with Crippen LogP contribution in [0.25, 0.3) is 0 Å². The number of hydrogen-bond donors (Lipinski definition) is 1. The van der Waals surface area contributed by atoms with Gasteiger partial charge in [-0.25, -0.2) is 0 Å². The Morgan fingerprint density at radius 3 is 2.57 bits per heavy atom. The third-order valence-electron chi connectivity index (χ3n) is 0.902. The molecule has 1 N–H and O–H groups in total. The van der Waals surface area contributed by atoms with Gasteiger partial charge in [0.25, 0.3) is 16.3 Å². The van der Waals surface area contributed by atoms with Gasteiger partial charge >= 0.3 is 0 Å². The quantitative estimate of drug-likeness (QED) is 0.433. The van der Waals surface area contributed by atoms with E-state index in [2.05, 4.69) is 5.32 Å². The van der Waals surface area contributed by atoms with Crippen LogP contribution < -0.4 is 5.32 Å². The summed E-state index contributed by atoms with van der Waals surface area (Å²) in [6.45, 7) is 1.96. The van der Waals surface area contributed by atoms with Crippen LogP contribution in [0.4, 0.5) is 0 Å². The normalized spacial score (nSPS) is 29.4. The van der Waals surface area contributed by atoms with Crippen LogP contribution in [0, 0.1) is 0 Å². The fourth-order valence-electron chi connectivity index (χ4n) is 0.557.